The Morgan fingerprint density at radius 3 is 2.60 bits per heavy atom. The summed E-state index contributed by atoms with van der Waals surface area (Å²) < 4.78 is 13.2. The molecule has 0 aliphatic rings. The Labute approximate surface area is 149 Å². The lowest BCUT2D eigenvalue weighted by atomic mass is 10.2. The molecule has 0 spiro atoms. The highest BCUT2D eigenvalue weighted by molar-refractivity contribution is 6.31. The summed E-state index contributed by atoms with van der Waals surface area (Å²) in [7, 11) is 0. The monoisotopic (exact) mass is 355 g/mol. The van der Waals surface area contributed by atoms with Crippen LogP contribution in [-0.2, 0) is 0 Å². The van der Waals surface area contributed by atoms with Gasteiger partial charge in [-0.05, 0) is 55.0 Å². The number of pyridine rings is 1. The topological polar surface area (TPSA) is 54.0 Å². The van der Waals surface area contributed by atoms with Crippen molar-refractivity contribution < 1.29 is 9.18 Å². The van der Waals surface area contributed by atoms with Gasteiger partial charge in [-0.1, -0.05) is 23.7 Å². The normalized spacial score (nSPS) is 10.4. The molecule has 0 aliphatic heterocycles. The lowest BCUT2D eigenvalue weighted by molar-refractivity contribution is 0.102. The number of rotatable bonds is 4. The number of nitrogens with one attached hydrogen (secondary N) is 2. The van der Waals surface area contributed by atoms with E-state index in [0.717, 1.165) is 16.9 Å². The van der Waals surface area contributed by atoms with E-state index in [4.69, 9.17) is 11.6 Å². The number of aromatic nitrogens is 1. The highest BCUT2D eigenvalue weighted by Crippen LogP contribution is 2.21. The van der Waals surface area contributed by atoms with Gasteiger partial charge in [-0.2, -0.15) is 0 Å². The third-order valence-electron chi connectivity index (χ3n) is 3.48. The van der Waals surface area contributed by atoms with E-state index in [1.165, 1.54) is 18.2 Å². The van der Waals surface area contributed by atoms with Crippen molar-refractivity contribution in [2.24, 2.45) is 0 Å². The lowest BCUT2D eigenvalue weighted by Gasteiger charge is -2.09. The fourth-order valence-corrected chi connectivity index (χ4v) is 2.47. The molecule has 0 fully saturated rings. The van der Waals surface area contributed by atoms with Crippen LogP contribution in [0.5, 0.6) is 0 Å². The molecule has 4 nitrogen and oxygen atoms in total. The van der Waals surface area contributed by atoms with Gasteiger partial charge in [0.05, 0.1) is 5.02 Å². The number of carbonyl (C=O) groups excluding carboxylic acids is 1. The maximum Gasteiger partial charge on any atom is 0.274 e. The molecule has 1 aromatic heterocycles. The Hall–Kier alpha value is -2.92. The second-order valence-corrected chi connectivity index (χ2v) is 5.91. The molecular weight excluding hydrogens is 341 g/mol. The first kappa shape index (κ1) is 16.9. The van der Waals surface area contributed by atoms with Gasteiger partial charge in [-0.3, -0.25) is 9.78 Å². The first-order valence-electron chi connectivity index (χ1n) is 7.57. The molecule has 6 heteroatoms. The molecular formula is C19H15ClFN3O. The molecule has 126 valence electrons. The molecule has 0 unspecified atom stereocenters. The number of nitrogens with zero attached hydrogens (tertiary/aromatic N) is 1. The zero-order valence-corrected chi connectivity index (χ0v) is 14.1. The second-order valence-electron chi connectivity index (χ2n) is 5.51. The third-order valence-corrected chi connectivity index (χ3v) is 3.77. The number of aryl methyl sites for hydroxylation is 1. The van der Waals surface area contributed by atoms with E-state index < -0.39 is 11.7 Å². The highest BCUT2D eigenvalue weighted by Gasteiger charge is 2.10. The molecule has 0 saturated carbocycles. The van der Waals surface area contributed by atoms with Gasteiger partial charge in [-0.15, -0.1) is 0 Å². The smallest absolute Gasteiger partial charge is 0.274 e. The van der Waals surface area contributed by atoms with Crippen LogP contribution in [-0.4, -0.2) is 10.9 Å². The van der Waals surface area contributed by atoms with Crippen molar-refractivity contribution in [3.63, 3.8) is 0 Å². The number of anilines is 3. The quantitative estimate of drug-likeness (QED) is 0.678. The van der Waals surface area contributed by atoms with E-state index >= 15 is 0 Å². The molecule has 3 aromatic rings. The van der Waals surface area contributed by atoms with Gasteiger partial charge in [-0.25, -0.2) is 4.39 Å². The number of halogens is 2. The second kappa shape index (κ2) is 7.32. The molecule has 0 saturated heterocycles. The predicted octanol–water partition coefficient (Wildman–Crippen LogP) is 5.18. The summed E-state index contributed by atoms with van der Waals surface area (Å²) in [6, 6.07) is 15.3. The van der Waals surface area contributed by atoms with Crippen LogP contribution >= 0.6 is 11.6 Å². The Kier molecular flexibility index (Phi) is 4.95. The van der Waals surface area contributed by atoms with E-state index in [-0.39, 0.29) is 10.7 Å². The lowest BCUT2D eigenvalue weighted by Crippen LogP contribution is -2.13. The van der Waals surface area contributed by atoms with Gasteiger partial charge in [0.1, 0.15) is 11.5 Å². The largest absolute Gasteiger partial charge is 0.355 e. The summed E-state index contributed by atoms with van der Waals surface area (Å²) >= 11 is 5.72. The van der Waals surface area contributed by atoms with E-state index in [1.807, 2.05) is 31.2 Å². The van der Waals surface area contributed by atoms with E-state index in [9.17, 15) is 9.18 Å². The minimum absolute atomic E-state index is 0.0550. The van der Waals surface area contributed by atoms with Crippen molar-refractivity contribution in [1.82, 2.24) is 4.98 Å². The summed E-state index contributed by atoms with van der Waals surface area (Å²) in [6.07, 6.45) is 1.55. The average molecular weight is 356 g/mol. The Morgan fingerprint density at radius 1 is 1.04 bits per heavy atom. The van der Waals surface area contributed by atoms with Crippen LogP contribution in [0, 0.1) is 12.7 Å². The molecule has 0 aliphatic carbocycles. The number of benzene rings is 2. The SMILES string of the molecule is Cc1cccc(Nc2ccnc(C(=O)Nc3ccc(F)c(Cl)c3)c2)c1. The van der Waals surface area contributed by atoms with Gasteiger partial charge in [0.25, 0.3) is 5.91 Å². The van der Waals surface area contributed by atoms with Gasteiger partial charge in [0.15, 0.2) is 0 Å². The number of hydrogen-bond acceptors (Lipinski definition) is 3. The minimum atomic E-state index is -0.540. The first-order valence-corrected chi connectivity index (χ1v) is 7.95. The molecule has 25 heavy (non-hydrogen) atoms. The molecule has 1 amide bonds. The van der Waals surface area contributed by atoms with Gasteiger partial charge < -0.3 is 10.6 Å². The van der Waals surface area contributed by atoms with Gasteiger partial charge >= 0.3 is 0 Å². The van der Waals surface area contributed by atoms with Gasteiger partial charge in [0, 0.05) is 23.3 Å². The Morgan fingerprint density at radius 2 is 1.84 bits per heavy atom. The molecule has 2 N–H and O–H groups in total. The fourth-order valence-electron chi connectivity index (χ4n) is 2.29. The molecule has 1 heterocycles. The van der Waals surface area contributed by atoms with Gasteiger partial charge in [0.2, 0.25) is 0 Å². The van der Waals surface area contributed by atoms with Crippen LogP contribution in [0.1, 0.15) is 16.1 Å². The summed E-state index contributed by atoms with van der Waals surface area (Å²) in [5.74, 6) is -0.947. The van der Waals surface area contributed by atoms with Crippen LogP contribution in [0.25, 0.3) is 0 Å². The van der Waals surface area contributed by atoms with Crippen LogP contribution < -0.4 is 10.6 Å². The molecule has 0 atom stereocenters. The van der Waals surface area contributed by atoms with E-state index in [2.05, 4.69) is 15.6 Å². The number of amides is 1. The highest BCUT2D eigenvalue weighted by atomic mass is 35.5. The molecule has 0 radical (unpaired) electrons. The van der Waals surface area contributed by atoms with Crippen molar-refractivity contribution in [2.75, 3.05) is 10.6 Å². The summed E-state index contributed by atoms with van der Waals surface area (Å²) in [5.41, 5.74) is 3.42. The minimum Gasteiger partial charge on any atom is -0.355 e. The number of carbonyl (C=O) groups is 1. The Bertz CT molecular complexity index is 930. The van der Waals surface area contributed by atoms with Crippen LogP contribution in [0.4, 0.5) is 21.5 Å². The third kappa shape index (κ3) is 4.33. The van der Waals surface area contributed by atoms with Crippen molar-refractivity contribution in [3.8, 4) is 0 Å². The molecule has 0 bridgehead atoms. The predicted molar refractivity (Wildman–Crippen MR) is 98.1 cm³/mol. The fraction of sp³-hybridized carbons (Fsp3) is 0.0526. The zero-order valence-electron chi connectivity index (χ0n) is 13.4. The summed E-state index contributed by atoms with van der Waals surface area (Å²) in [4.78, 5) is 16.4. The summed E-state index contributed by atoms with van der Waals surface area (Å²) in [6.45, 7) is 2.00. The summed E-state index contributed by atoms with van der Waals surface area (Å²) in [5, 5.41) is 5.82. The standard InChI is InChI=1S/C19H15ClFN3O/c1-12-3-2-4-13(9-12)23-15-7-8-22-18(11-15)19(25)24-14-5-6-17(21)16(20)10-14/h2-11H,1H3,(H,22,23)(H,24,25). The van der Waals surface area contributed by atoms with Crippen LogP contribution in [0.2, 0.25) is 5.02 Å². The van der Waals surface area contributed by atoms with E-state index in [0.29, 0.717) is 5.69 Å². The van der Waals surface area contributed by atoms with Crippen LogP contribution in [0.3, 0.4) is 0 Å². The molecule has 2 aromatic carbocycles. The van der Waals surface area contributed by atoms with Crippen molar-refractivity contribution in [2.45, 2.75) is 6.92 Å². The number of hydrogen-bond donors (Lipinski definition) is 2. The molecule has 3 rings (SSSR count). The van der Waals surface area contributed by atoms with Crippen molar-refractivity contribution in [3.05, 3.63) is 82.9 Å². The van der Waals surface area contributed by atoms with E-state index in [1.54, 1.807) is 18.3 Å². The maximum absolute atomic E-state index is 13.2. The average Bonchev–Trinajstić information content (AvgIpc) is 2.58. The Balaban J connectivity index is 1.76. The van der Waals surface area contributed by atoms with Crippen LogP contribution in [0.15, 0.2) is 60.8 Å². The zero-order chi connectivity index (χ0) is 17.8. The van der Waals surface area contributed by atoms with Crippen molar-refractivity contribution in [1.29, 1.82) is 0 Å². The van der Waals surface area contributed by atoms with Crippen molar-refractivity contribution >= 4 is 34.6 Å². The first-order chi connectivity index (χ1) is 12.0. The maximum atomic E-state index is 13.2.